The van der Waals surface area contributed by atoms with E-state index in [0.717, 1.165) is 24.5 Å². The van der Waals surface area contributed by atoms with Crippen LogP contribution in [0.4, 0.5) is 5.69 Å². The van der Waals surface area contributed by atoms with Crippen molar-refractivity contribution >= 4 is 17.0 Å². The average molecular weight is 219 g/mol. The number of nitrogens with two attached hydrogens (primary N) is 1. The SMILES string of the molecule is Nc1ccsc1CNCc1ccccn1. The number of pyridine rings is 1. The maximum absolute atomic E-state index is 5.77. The zero-order chi connectivity index (χ0) is 10.5. The predicted octanol–water partition coefficient (Wildman–Crippen LogP) is 2.02. The molecule has 2 rings (SSSR count). The highest BCUT2D eigenvalue weighted by atomic mass is 32.1. The third-order valence-electron chi connectivity index (χ3n) is 2.10. The summed E-state index contributed by atoms with van der Waals surface area (Å²) in [4.78, 5) is 5.42. The van der Waals surface area contributed by atoms with Crippen LogP contribution in [0, 0.1) is 0 Å². The first-order valence-electron chi connectivity index (χ1n) is 4.79. The lowest BCUT2D eigenvalue weighted by molar-refractivity contribution is 0.687. The number of hydrogen-bond donors (Lipinski definition) is 2. The van der Waals surface area contributed by atoms with E-state index in [9.17, 15) is 0 Å². The number of nitrogens with one attached hydrogen (secondary N) is 1. The van der Waals surface area contributed by atoms with Gasteiger partial charge in [0.1, 0.15) is 0 Å². The van der Waals surface area contributed by atoms with Gasteiger partial charge in [-0.3, -0.25) is 4.98 Å². The summed E-state index contributed by atoms with van der Waals surface area (Å²) in [5.74, 6) is 0. The molecule has 0 fully saturated rings. The second-order valence-electron chi connectivity index (χ2n) is 3.22. The van der Waals surface area contributed by atoms with Crippen LogP contribution in [-0.2, 0) is 13.1 Å². The summed E-state index contributed by atoms with van der Waals surface area (Å²) < 4.78 is 0. The molecule has 0 aliphatic rings. The third kappa shape index (κ3) is 2.78. The van der Waals surface area contributed by atoms with Crippen LogP contribution in [-0.4, -0.2) is 4.98 Å². The highest BCUT2D eigenvalue weighted by Gasteiger charge is 1.99. The van der Waals surface area contributed by atoms with Gasteiger partial charge in [0.25, 0.3) is 0 Å². The first-order valence-corrected chi connectivity index (χ1v) is 5.66. The van der Waals surface area contributed by atoms with Gasteiger partial charge in [0.2, 0.25) is 0 Å². The van der Waals surface area contributed by atoms with Gasteiger partial charge < -0.3 is 11.1 Å². The van der Waals surface area contributed by atoms with E-state index in [0.29, 0.717) is 0 Å². The van der Waals surface area contributed by atoms with E-state index in [1.807, 2.05) is 29.6 Å². The van der Waals surface area contributed by atoms with E-state index in [1.165, 1.54) is 4.88 Å². The molecule has 0 saturated carbocycles. The summed E-state index contributed by atoms with van der Waals surface area (Å²) in [5, 5.41) is 5.32. The van der Waals surface area contributed by atoms with E-state index in [4.69, 9.17) is 5.73 Å². The van der Waals surface area contributed by atoms with E-state index < -0.39 is 0 Å². The lowest BCUT2D eigenvalue weighted by atomic mass is 10.3. The number of aromatic nitrogens is 1. The predicted molar refractivity (Wildman–Crippen MR) is 63.5 cm³/mol. The maximum atomic E-state index is 5.77. The normalized spacial score (nSPS) is 10.4. The van der Waals surface area contributed by atoms with Crippen LogP contribution in [0.25, 0.3) is 0 Å². The molecule has 2 aromatic rings. The Kier molecular flexibility index (Phi) is 3.32. The number of hydrogen-bond acceptors (Lipinski definition) is 4. The zero-order valence-corrected chi connectivity index (χ0v) is 9.13. The van der Waals surface area contributed by atoms with Crippen molar-refractivity contribution in [1.82, 2.24) is 10.3 Å². The molecule has 3 nitrogen and oxygen atoms in total. The van der Waals surface area contributed by atoms with Crippen LogP contribution in [0.3, 0.4) is 0 Å². The van der Waals surface area contributed by atoms with Crippen molar-refractivity contribution in [3.63, 3.8) is 0 Å². The first-order chi connectivity index (χ1) is 7.36. The Bertz CT molecular complexity index is 411. The van der Waals surface area contributed by atoms with Crippen LogP contribution in [0.1, 0.15) is 10.6 Å². The zero-order valence-electron chi connectivity index (χ0n) is 8.31. The fourth-order valence-corrected chi connectivity index (χ4v) is 2.07. The molecule has 78 valence electrons. The van der Waals surface area contributed by atoms with Crippen LogP contribution < -0.4 is 11.1 Å². The van der Waals surface area contributed by atoms with Gasteiger partial charge >= 0.3 is 0 Å². The Morgan fingerprint density at radius 3 is 2.87 bits per heavy atom. The van der Waals surface area contributed by atoms with Crippen molar-refractivity contribution in [2.45, 2.75) is 13.1 Å². The minimum absolute atomic E-state index is 0.776. The molecule has 0 spiro atoms. The van der Waals surface area contributed by atoms with Crippen molar-refractivity contribution in [2.24, 2.45) is 0 Å². The fourth-order valence-electron chi connectivity index (χ4n) is 1.30. The molecule has 0 unspecified atom stereocenters. The Labute approximate surface area is 93.0 Å². The van der Waals surface area contributed by atoms with Crippen LogP contribution in [0.5, 0.6) is 0 Å². The molecule has 3 N–H and O–H groups in total. The minimum Gasteiger partial charge on any atom is -0.398 e. The number of nitrogen functional groups attached to an aromatic ring is 1. The molecule has 0 radical (unpaired) electrons. The average Bonchev–Trinajstić information content (AvgIpc) is 2.66. The number of thiophene rings is 1. The smallest absolute Gasteiger partial charge is 0.0541 e. The van der Waals surface area contributed by atoms with E-state index in [1.54, 1.807) is 17.5 Å². The monoisotopic (exact) mass is 219 g/mol. The lowest BCUT2D eigenvalue weighted by Crippen LogP contribution is -2.13. The quantitative estimate of drug-likeness (QED) is 0.827. The Balaban J connectivity index is 1.83. The van der Waals surface area contributed by atoms with Crippen molar-refractivity contribution < 1.29 is 0 Å². The van der Waals surface area contributed by atoms with Crippen LogP contribution >= 0.6 is 11.3 Å². The summed E-state index contributed by atoms with van der Waals surface area (Å²) in [7, 11) is 0. The highest BCUT2D eigenvalue weighted by molar-refractivity contribution is 7.10. The van der Waals surface area contributed by atoms with Crippen molar-refractivity contribution in [3.8, 4) is 0 Å². The number of anilines is 1. The highest BCUT2D eigenvalue weighted by Crippen LogP contribution is 2.18. The molecule has 0 amide bonds. The molecule has 0 bridgehead atoms. The molecule has 0 aliphatic heterocycles. The van der Waals surface area contributed by atoms with Crippen LogP contribution in [0.15, 0.2) is 35.8 Å². The minimum atomic E-state index is 0.776. The summed E-state index contributed by atoms with van der Waals surface area (Å²) in [6, 6.07) is 7.84. The number of nitrogens with zero attached hydrogens (tertiary/aromatic N) is 1. The molecule has 0 saturated heterocycles. The van der Waals surface area contributed by atoms with Crippen molar-refractivity contribution in [3.05, 3.63) is 46.4 Å². The van der Waals surface area contributed by atoms with E-state index in [2.05, 4.69) is 10.3 Å². The number of rotatable bonds is 4. The summed E-state index contributed by atoms with van der Waals surface area (Å²) in [5.41, 5.74) is 7.69. The fraction of sp³-hybridized carbons (Fsp3) is 0.182. The molecular weight excluding hydrogens is 206 g/mol. The summed E-state index contributed by atoms with van der Waals surface area (Å²) in [6.07, 6.45) is 1.80. The third-order valence-corrected chi connectivity index (χ3v) is 3.03. The van der Waals surface area contributed by atoms with Gasteiger partial charge in [-0.25, -0.2) is 0 Å². The molecule has 15 heavy (non-hydrogen) atoms. The summed E-state index contributed by atoms with van der Waals surface area (Å²) in [6.45, 7) is 1.58. The lowest BCUT2D eigenvalue weighted by Gasteiger charge is -2.03. The van der Waals surface area contributed by atoms with Crippen molar-refractivity contribution in [1.29, 1.82) is 0 Å². The molecule has 0 atom stereocenters. The van der Waals surface area contributed by atoms with E-state index in [-0.39, 0.29) is 0 Å². The maximum Gasteiger partial charge on any atom is 0.0541 e. The second kappa shape index (κ2) is 4.91. The molecular formula is C11H13N3S. The van der Waals surface area contributed by atoms with Gasteiger partial charge in [-0.05, 0) is 23.6 Å². The van der Waals surface area contributed by atoms with Gasteiger partial charge in [0, 0.05) is 29.9 Å². The standard InChI is InChI=1S/C11H13N3S/c12-10-4-6-15-11(10)8-13-7-9-3-1-2-5-14-9/h1-6,13H,7-8,12H2. The Morgan fingerprint density at radius 2 is 2.20 bits per heavy atom. The topological polar surface area (TPSA) is 50.9 Å². The Hall–Kier alpha value is -1.39. The van der Waals surface area contributed by atoms with Gasteiger partial charge in [0.15, 0.2) is 0 Å². The van der Waals surface area contributed by atoms with Gasteiger partial charge in [-0.1, -0.05) is 6.07 Å². The second-order valence-corrected chi connectivity index (χ2v) is 4.22. The van der Waals surface area contributed by atoms with Gasteiger partial charge in [0.05, 0.1) is 5.69 Å². The van der Waals surface area contributed by atoms with Gasteiger partial charge in [-0.2, -0.15) is 0 Å². The molecule has 2 heterocycles. The summed E-state index contributed by atoms with van der Waals surface area (Å²) >= 11 is 1.68. The Morgan fingerprint density at radius 1 is 1.27 bits per heavy atom. The molecule has 0 aliphatic carbocycles. The molecule has 2 aromatic heterocycles. The first kappa shape index (κ1) is 10.1. The molecule has 4 heteroatoms. The molecule has 0 aromatic carbocycles. The van der Waals surface area contributed by atoms with Crippen LogP contribution in [0.2, 0.25) is 0 Å². The largest absolute Gasteiger partial charge is 0.398 e. The van der Waals surface area contributed by atoms with Gasteiger partial charge in [-0.15, -0.1) is 11.3 Å². The van der Waals surface area contributed by atoms with Crippen molar-refractivity contribution in [2.75, 3.05) is 5.73 Å². The van der Waals surface area contributed by atoms with E-state index >= 15 is 0 Å².